The van der Waals surface area contributed by atoms with Gasteiger partial charge in [-0.2, -0.15) is 0 Å². The average Bonchev–Trinajstić information content (AvgIpc) is 0.888. The van der Waals surface area contributed by atoms with Crippen LogP contribution in [-0.2, 0) is 5.33 Å². The molecule has 0 aliphatic heterocycles. The maximum Gasteiger partial charge on any atom is 0.145 e. The quantitative estimate of drug-likeness (QED) is 0.238. The topological polar surface area (TPSA) is 58.9 Å². The summed E-state index contributed by atoms with van der Waals surface area (Å²) in [6.45, 7) is 0. The number of halogens is 2. The molecule has 0 aliphatic rings. The van der Waals surface area contributed by atoms with Gasteiger partial charge >= 0.3 is 0 Å². The minimum absolute atomic E-state index is 0. The third kappa shape index (κ3) is 74.2. The van der Waals surface area contributed by atoms with E-state index in [2.05, 4.69) is 518 Å². The minimum Gasteiger partial charge on any atom is -0.508 e. The standard InChI is InChI=1S/C29H7BrO2.C28H5BrO2.2C22H2.86H2/c1-2-3-4-5-6-7-8-9-10-11-12-13-14-15-16-17-18-19-20-21-22-32-29-24-27(26-30)23-28(31)25-29;1-2-3-4-5-6-7-8-9-10-11-12-13-14-15-16-17-18-19-20-21-22-31-28-24-26(29)23-27(30)25-28;2*1-3-5-7-9-11-13-15-17-19-21-22-20-18-16-14-12-10-8-6-4-2;;;;;;;;;;;;;;;;;;;;;;;;;;;;;;;;;;;;;;;;;;;;;;;;;;;;;;;;;;;;;;;;;;;;;;;;;;;;;;;;;;;;;;/h1,23-25,31H,26H2;1,23-25,30H;2*1-2H;86*1H. The van der Waals surface area contributed by atoms with Crippen molar-refractivity contribution in [3.63, 3.8) is 0 Å². The molecule has 0 saturated heterocycles. The van der Waals surface area contributed by atoms with Crippen LogP contribution in [0.4, 0.5) is 0 Å². The molecule has 0 radical (unpaired) electrons. The van der Waals surface area contributed by atoms with Crippen molar-refractivity contribution in [2.75, 3.05) is 0 Å². The SMILES string of the molecule is C#CC#CC#CC#CC#CC#CC#CC#CC#CC#CC#C.C#CC#CC#CC#CC#CC#CC#CC#CC#CC#CC#C.C#CC#CC#CC#CC#CC#CC#CC#CC#CC#CC#COc1cc(O)cc(Br)c1.C#CC#CC#CC#CC#CC#CC#CC#CC#CC#CC#COc1cc(O)cc(CBr)c1.[HH].[HH].[HH].[HH].[HH].[HH].[HH].[HH].[HH].[HH].[HH].[HH].[HH].[HH].[HH].[HH].[HH].[HH].[HH].[HH].[HH].[HH].[HH].[HH].[HH].[HH].[HH].[HH].[HH].[HH].[HH].[HH].[HH].[HH].[HH].[HH].[HH].[HH].[HH].[HH].[HH].[HH].[HH].[HH].[HH].[HH].[HH].[HH].[HH].[HH].[HH].[HH].[HH].[HH].[HH].[HH].[HH].[HH].[HH].[HH].[HH].[HH].[HH].[HH].[HH].[HH].[HH].[HH].[HH].[HH].[HH].[HH].[HH].[HH].[HH].[HH].[HH].[HH].[HH].[HH].[HH].[HH].[HH].[HH].[HH].[HH]. The third-order valence-electron chi connectivity index (χ3n) is 7.21. The number of hydrogen-bond acceptors (Lipinski definition) is 4. The van der Waals surface area contributed by atoms with Gasteiger partial charge in [0.15, 0.2) is 0 Å². The first-order valence-corrected chi connectivity index (χ1v) is 28.7. The second-order valence-corrected chi connectivity index (χ2v) is 15.6. The van der Waals surface area contributed by atoms with E-state index in [1.54, 1.807) is 18.2 Å². The zero-order chi connectivity index (χ0) is 77.8. The Kier molecular flexibility index (Phi) is 64.1. The Labute approximate surface area is 773 Å². The van der Waals surface area contributed by atoms with Crippen molar-refractivity contribution in [2.45, 2.75) is 5.33 Å². The molecule has 2 rings (SSSR count). The second kappa shape index (κ2) is 77.7. The molecular formula is C101H188Br2O4. The zero-order valence-corrected chi connectivity index (χ0v) is 57.3. The van der Waals surface area contributed by atoms with Crippen LogP contribution < -0.4 is 9.47 Å². The summed E-state index contributed by atoms with van der Waals surface area (Å²) >= 11 is 6.53. The molecule has 0 aliphatic carbocycles. The number of aromatic hydroxyl groups is 2. The number of hydrogen-bond donors (Lipinski definition) is 2. The Morgan fingerprint density at radius 1 is 0.215 bits per heavy atom. The van der Waals surface area contributed by atoms with Crippen LogP contribution in [0.2, 0.25) is 0 Å². The normalized spacial score (nSPS) is 4.93. The molecule has 6 heteroatoms. The van der Waals surface area contributed by atoms with Crippen LogP contribution in [0.5, 0.6) is 23.0 Å². The van der Waals surface area contributed by atoms with Gasteiger partial charge in [-0.05, 0) is 314 Å². The lowest BCUT2D eigenvalue weighted by molar-refractivity contribution is 0.463. The lowest BCUT2D eigenvalue weighted by Gasteiger charge is -2.01. The van der Waals surface area contributed by atoms with Crippen molar-refractivity contribution in [3.05, 3.63) is 46.4 Å². The molecule has 630 valence electrons. The molecule has 0 unspecified atom stereocenters. The highest BCUT2D eigenvalue weighted by atomic mass is 79.9. The van der Waals surface area contributed by atoms with Crippen LogP contribution in [0, 0.1) is 524 Å². The monoisotopic (exact) mass is 1620 g/mol. The molecule has 2 N–H and O–H groups in total. The molecule has 0 spiro atoms. The van der Waals surface area contributed by atoms with Gasteiger partial charge in [0, 0.05) is 334 Å². The highest BCUT2D eigenvalue weighted by molar-refractivity contribution is 9.10. The number of phenolic OH excluding ortho intramolecular Hbond substituents is 2. The van der Waals surface area contributed by atoms with E-state index in [0.29, 0.717) is 21.3 Å². The molecule has 0 heterocycles. The zero-order valence-electron chi connectivity index (χ0n) is 54.1. The van der Waals surface area contributed by atoms with Gasteiger partial charge in [-0.3, -0.25) is 0 Å². The van der Waals surface area contributed by atoms with E-state index < -0.39 is 0 Å². The van der Waals surface area contributed by atoms with Gasteiger partial charge in [-0.1, -0.05) is 31.9 Å². The predicted octanol–water partition coefficient (Wildman–Crippen LogP) is 26.2. The molecular weight excluding hydrogens is 1440 g/mol. The molecule has 2 aromatic rings. The van der Waals surface area contributed by atoms with Gasteiger partial charge < -0.3 is 19.7 Å². The molecule has 0 amide bonds. The summed E-state index contributed by atoms with van der Waals surface area (Å²) in [4.78, 5) is 0. The Morgan fingerprint density at radius 3 is 0.523 bits per heavy atom. The van der Waals surface area contributed by atoms with Gasteiger partial charge in [0.05, 0.1) is 0 Å². The summed E-state index contributed by atoms with van der Waals surface area (Å²) < 4.78 is 11.0. The van der Waals surface area contributed by atoms with Crippen LogP contribution in [0.25, 0.3) is 0 Å². The number of phenols is 2. The maximum absolute atomic E-state index is 9.55. The van der Waals surface area contributed by atoms with E-state index in [4.69, 9.17) is 48.0 Å². The number of rotatable bonds is 3. The summed E-state index contributed by atoms with van der Waals surface area (Å²) in [5.41, 5.74) is 0.860. The summed E-state index contributed by atoms with van der Waals surface area (Å²) in [6, 6.07) is 9.41. The highest BCUT2D eigenvalue weighted by Gasteiger charge is 2.00. The Balaban J connectivity index is -0.00000000776. The maximum atomic E-state index is 9.55. The molecule has 0 bridgehead atoms. The van der Waals surface area contributed by atoms with Crippen molar-refractivity contribution in [1.82, 2.24) is 0 Å². The van der Waals surface area contributed by atoms with Gasteiger partial charge in [0.25, 0.3) is 0 Å². The fourth-order valence-corrected chi connectivity index (χ4v) is 4.67. The van der Waals surface area contributed by atoms with Crippen molar-refractivity contribution in [2.24, 2.45) is 0 Å². The summed E-state index contributed by atoms with van der Waals surface area (Å²) in [7, 11) is 0. The van der Waals surface area contributed by atoms with Crippen LogP contribution in [-0.4, -0.2) is 10.2 Å². The fraction of sp³-hybridized carbons (Fsp3) is 0.00990. The minimum atomic E-state index is 0. The second-order valence-electron chi connectivity index (χ2n) is 14.1. The van der Waals surface area contributed by atoms with E-state index in [1.165, 1.54) is 18.2 Å². The van der Waals surface area contributed by atoms with Crippen molar-refractivity contribution < 1.29 is 142 Å². The first-order valence-electron chi connectivity index (χ1n) is 26.8. The Bertz CT molecular complexity index is 6740. The molecule has 0 saturated carbocycles. The first kappa shape index (κ1) is 88.3. The molecule has 0 aromatic heterocycles. The lowest BCUT2D eigenvalue weighted by Crippen LogP contribution is -1.85. The summed E-state index contributed by atoms with van der Waals surface area (Å²) in [6.07, 6.45) is 34.2. The van der Waals surface area contributed by atoms with Crippen LogP contribution in [0.15, 0.2) is 40.9 Å². The smallest absolute Gasteiger partial charge is 0.145 e. The van der Waals surface area contributed by atoms with Gasteiger partial charge in [0.1, 0.15) is 35.2 Å². The summed E-state index contributed by atoms with van der Waals surface area (Å²) in [5.74, 6) is 195. The van der Waals surface area contributed by atoms with Crippen LogP contribution >= 0.6 is 31.9 Å². The largest absolute Gasteiger partial charge is 0.508 e. The van der Waals surface area contributed by atoms with E-state index in [1.807, 2.05) is 0 Å². The molecule has 0 fully saturated rings. The van der Waals surface area contributed by atoms with Crippen molar-refractivity contribution in [3.8, 4) is 547 Å². The van der Waals surface area contributed by atoms with Crippen molar-refractivity contribution in [1.29, 1.82) is 0 Å². The number of terminal acetylenes is 6. The van der Waals surface area contributed by atoms with E-state index in [9.17, 15) is 10.2 Å². The lowest BCUT2D eigenvalue weighted by atomic mass is 10.2. The van der Waals surface area contributed by atoms with E-state index in [-0.39, 0.29) is 134 Å². The fourth-order valence-electron chi connectivity index (χ4n) is 3.89. The van der Waals surface area contributed by atoms with Gasteiger partial charge in [0.2, 0.25) is 0 Å². The van der Waals surface area contributed by atoms with Crippen LogP contribution in [0.3, 0.4) is 0 Å². The molecule has 107 heavy (non-hydrogen) atoms. The average molecular weight is 1630 g/mol. The number of alkyl halides is 1. The number of ether oxygens (including phenoxy) is 2. The molecule has 0 atom stereocenters. The van der Waals surface area contributed by atoms with E-state index >= 15 is 0 Å². The van der Waals surface area contributed by atoms with Crippen LogP contribution in [0.1, 0.15) is 128 Å². The third-order valence-corrected chi connectivity index (χ3v) is 8.31. The molecule has 4 nitrogen and oxygen atoms in total. The number of benzene rings is 2. The van der Waals surface area contributed by atoms with Crippen molar-refractivity contribution >= 4 is 31.9 Å². The van der Waals surface area contributed by atoms with Gasteiger partial charge in [-0.15, -0.1) is 38.5 Å². The predicted molar refractivity (Wildman–Crippen MR) is 608 cm³/mol. The highest BCUT2D eigenvalue weighted by Crippen LogP contribution is 2.25. The first-order chi connectivity index (χ1) is 52.8. The summed E-state index contributed by atoms with van der Waals surface area (Å²) in [5, 5.41) is 19.5. The van der Waals surface area contributed by atoms with E-state index in [0.717, 1.165) is 5.56 Å². The Morgan fingerprint density at radius 2 is 0.364 bits per heavy atom. The molecule has 2 aromatic carbocycles. The Hall–Kier alpha value is -20.8. The van der Waals surface area contributed by atoms with Gasteiger partial charge in [-0.25, -0.2) is 0 Å².